The number of carbonyl (C=O) groups excluding carboxylic acids is 1. The molecule has 1 aliphatic carbocycles. The predicted molar refractivity (Wildman–Crippen MR) is 74.8 cm³/mol. The second-order valence-corrected chi connectivity index (χ2v) is 5.91. The minimum Gasteiger partial charge on any atom is -0.478 e. The number of hydrogen-bond acceptors (Lipinski definition) is 3. The molecular formula is C14H17NO3S. The summed E-state index contributed by atoms with van der Waals surface area (Å²) in [6.07, 6.45) is 5.71. The largest absolute Gasteiger partial charge is 0.478 e. The first-order valence-electron chi connectivity index (χ1n) is 6.27. The standard InChI is InChI=1S/C14H17NO3S/c1-15(13(16)7-10-2-3-10)8-12-6-11(9-19-12)4-5-14(17)18/h4-6,9-10H,2-3,7-8H2,1H3,(H,17,18). The molecule has 1 heterocycles. The number of hydrogen-bond donors (Lipinski definition) is 1. The molecule has 0 atom stereocenters. The summed E-state index contributed by atoms with van der Waals surface area (Å²) < 4.78 is 0. The Morgan fingerprint density at radius 2 is 2.26 bits per heavy atom. The van der Waals surface area contributed by atoms with Crippen LogP contribution >= 0.6 is 11.3 Å². The Morgan fingerprint density at radius 3 is 2.89 bits per heavy atom. The molecule has 0 saturated heterocycles. The van der Waals surface area contributed by atoms with Gasteiger partial charge in [0.2, 0.25) is 5.91 Å². The van der Waals surface area contributed by atoms with Crippen molar-refractivity contribution >= 4 is 29.3 Å². The van der Waals surface area contributed by atoms with Gasteiger partial charge in [-0.1, -0.05) is 0 Å². The predicted octanol–water partition coefficient (Wildman–Crippen LogP) is 2.60. The van der Waals surface area contributed by atoms with E-state index in [0.29, 0.717) is 18.9 Å². The smallest absolute Gasteiger partial charge is 0.328 e. The molecule has 1 saturated carbocycles. The molecule has 1 N–H and O–H groups in total. The topological polar surface area (TPSA) is 57.6 Å². The highest BCUT2D eigenvalue weighted by atomic mass is 32.1. The van der Waals surface area contributed by atoms with E-state index < -0.39 is 5.97 Å². The summed E-state index contributed by atoms with van der Waals surface area (Å²) in [6.45, 7) is 0.594. The van der Waals surface area contributed by atoms with Crippen LogP contribution in [0.4, 0.5) is 0 Å². The first kappa shape index (κ1) is 13.8. The van der Waals surface area contributed by atoms with E-state index in [1.807, 2.05) is 18.5 Å². The second kappa shape index (κ2) is 6.02. The van der Waals surface area contributed by atoms with E-state index in [0.717, 1.165) is 16.5 Å². The Balaban J connectivity index is 1.87. The minimum atomic E-state index is -0.954. The lowest BCUT2D eigenvalue weighted by molar-refractivity contribution is -0.132. The van der Waals surface area contributed by atoms with Crippen molar-refractivity contribution in [3.8, 4) is 0 Å². The molecular weight excluding hydrogens is 262 g/mol. The maximum absolute atomic E-state index is 11.9. The highest BCUT2D eigenvalue weighted by Crippen LogP contribution is 2.33. The van der Waals surface area contributed by atoms with Crippen molar-refractivity contribution in [1.29, 1.82) is 0 Å². The van der Waals surface area contributed by atoms with Crippen molar-refractivity contribution in [2.45, 2.75) is 25.8 Å². The summed E-state index contributed by atoms with van der Waals surface area (Å²) in [5, 5.41) is 10.5. The van der Waals surface area contributed by atoms with E-state index in [4.69, 9.17) is 5.11 Å². The van der Waals surface area contributed by atoms with Gasteiger partial charge in [-0.15, -0.1) is 11.3 Å². The molecule has 2 rings (SSSR count). The number of aliphatic carboxylic acids is 1. The molecule has 0 unspecified atom stereocenters. The number of nitrogens with zero attached hydrogens (tertiary/aromatic N) is 1. The van der Waals surface area contributed by atoms with Crippen LogP contribution in [0.5, 0.6) is 0 Å². The molecule has 1 aromatic rings. The van der Waals surface area contributed by atoms with Crippen molar-refractivity contribution in [2.75, 3.05) is 7.05 Å². The van der Waals surface area contributed by atoms with E-state index >= 15 is 0 Å². The van der Waals surface area contributed by atoms with Crippen LogP contribution in [0.25, 0.3) is 6.08 Å². The molecule has 4 nitrogen and oxygen atoms in total. The van der Waals surface area contributed by atoms with Crippen LogP contribution < -0.4 is 0 Å². The van der Waals surface area contributed by atoms with Gasteiger partial charge in [0.25, 0.3) is 0 Å². The van der Waals surface area contributed by atoms with E-state index in [-0.39, 0.29) is 5.91 Å². The van der Waals surface area contributed by atoms with Gasteiger partial charge in [0.15, 0.2) is 0 Å². The number of rotatable bonds is 6. The molecule has 19 heavy (non-hydrogen) atoms. The fourth-order valence-electron chi connectivity index (χ4n) is 1.78. The first-order valence-corrected chi connectivity index (χ1v) is 7.15. The van der Waals surface area contributed by atoms with Crippen molar-refractivity contribution in [3.05, 3.63) is 28.0 Å². The number of amides is 1. The van der Waals surface area contributed by atoms with E-state index in [2.05, 4.69) is 0 Å². The van der Waals surface area contributed by atoms with Gasteiger partial charge < -0.3 is 10.0 Å². The second-order valence-electron chi connectivity index (χ2n) is 4.92. The fourth-order valence-corrected chi connectivity index (χ4v) is 2.69. The normalized spacial score (nSPS) is 14.8. The lowest BCUT2D eigenvalue weighted by Crippen LogP contribution is -2.25. The van der Waals surface area contributed by atoms with E-state index in [9.17, 15) is 9.59 Å². The Labute approximate surface area is 116 Å². The summed E-state index contributed by atoms with van der Waals surface area (Å²) in [5.41, 5.74) is 0.866. The highest BCUT2D eigenvalue weighted by Gasteiger charge is 2.25. The molecule has 0 radical (unpaired) electrons. The zero-order chi connectivity index (χ0) is 13.8. The Hall–Kier alpha value is -1.62. The monoisotopic (exact) mass is 279 g/mol. The quantitative estimate of drug-likeness (QED) is 0.814. The molecule has 1 fully saturated rings. The highest BCUT2D eigenvalue weighted by molar-refractivity contribution is 7.10. The molecule has 1 amide bonds. The van der Waals surface area contributed by atoms with Gasteiger partial charge in [-0.3, -0.25) is 4.79 Å². The maximum Gasteiger partial charge on any atom is 0.328 e. The fraction of sp³-hybridized carbons (Fsp3) is 0.429. The van der Waals surface area contributed by atoms with Gasteiger partial charge in [-0.2, -0.15) is 0 Å². The van der Waals surface area contributed by atoms with Gasteiger partial charge in [-0.05, 0) is 41.8 Å². The third-order valence-electron chi connectivity index (χ3n) is 3.07. The van der Waals surface area contributed by atoms with Crippen LogP contribution in [0.15, 0.2) is 17.5 Å². The third kappa shape index (κ3) is 4.52. The minimum absolute atomic E-state index is 0.193. The number of carboxylic acids is 1. The Bertz CT molecular complexity index is 503. The summed E-state index contributed by atoms with van der Waals surface area (Å²) in [6, 6.07) is 1.92. The van der Waals surface area contributed by atoms with Crippen molar-refractivity contribution in [2.24, 2.45) is 5.92 Å². The van der Waals surface area contributed by atoms with Crippen LogP contribution in [-0.4, -0.2) is 28.9 Å². The zero-order valence-electron chi connectivity index (χ0n) is 10.8. The van der Waals surface area contributed by atoms with Gasteiger partial charge >= 0.3 is 5.97 Å². The number of thiophene rings is 1. The van der Waals surface area contributed by atoms with E-state index in [1.165, 1.54) is 12.8 Å². The van der Waals surface area contributed by atoms with Crippen molar-refractivity contribution in [3.63, 3.8) is 0 Å². The SMILES string of the molecule is CN(Cc1cc(C=CC(=O)O)cs1)C(=O)CC1CC1. The Kier molecular flexibility index (Phi) is 4.37. The molecule has 5 heteroatoms. The first-order chi connectivity index (χ1) is 9.04. The third-order valence-corrected chi connectivity index (χ3v) is 4.01. The molecule has 0 aliphatic heterocycles. The molecule has 0 aromatic carbocycles. The molecule has 1 aromatic heterocycles. The van der Waals surface area contributed by atoms with Crippen LogP contribution in [0, 0.1) is 5.92 Å². The van der Waals surface area contributed by atoms with Crippen LogP contribution in [0.1, 0.15) is 29.7 Å². The van der Waals surface area contributed by atoms with Gasteiger partial charge in [0.1, 0.15) is 0 Å². The lowest BCUT2D eigenvalue weighted by Gasteiger charge is -2.15. The van der Waals surface area contributed by atoms with Gasteiger partial charge in [0.05, 0.1) is 6.54 Å². The van der Waals surface area contributed by atoms with Crippen LogP contribution in [-0.2, 0) is 16.1 Å². The number of carboxylic acid groups (broad SMARTS) is 1. The zero-order valence-corrected chi connectivity index (χ0v) is 11.7. The van der Waals surface area contributed by atoms with Crippen LogP contribution in [0.2, 0.25) is 0 Å². The molecule has 0 spiro atoms. The average Bonchev–Trinajstić information content (AvgIpc) is 3.05. The van der Waals surface area contributed by atoms with Crippen molar-refractivity contribution in [1.82, 2.24) is 4.90 Å². The molecule has 1 aliphatic rings. The Morgan fingerprint density at radius 1 is 1.53 bits per heavy atom. The van der Waals surface area contributed by atoms with E-state index in [1.54, 1.807) is 22.3 Å². The van der Waals surface area contributed by atoms with Crippen LogP contribution in [0.3, 0.4) is 0 Å². The summed E-state index contributed by atoms with van der Waals surface area (Å²) in [4.78, 5) is 25.1. The molecule has 0 bridgehead atoms. The van der Waals surface area contributed by atoms with Gasteiger partial charge in [-0.25, -0.2) is 4.79 Å². The maximum atomic E-state index is 11.9. The summed E-state index contributed by atoms with van der Waals surface area (Å²) in [7, 11) is 1.82. The average molecular weight is 279 g/mol. The summed E-state index contributed by atoms with van der Waals surface area (Å²) in [5.74, 6) is -0.157. The number of carbonyl (C=O) groups is 2. The molecule has 102 valence electrons. The van der Waals surface area contributed by atoms with Gasteiger partial charge in [0, 0.05) is 24.4 Å². The van der Waals surface area contributed by atoms with Crippen molar-refractivity contribution < 1.29 is 14.7 Å². The lowest BCUT2D eigenvalue weighted by atomic mass is 10.2. The summed E-state index contributed by atoms with van der Waals surface area (Å²) >= 11 is 1.54.